The number of esters is 3. The Morgan fingerprint density at radius 1 is 0.630 bits per heavy atom. The SMILES string of the molecule is CCC.COC(=O)CC(C)S.COC(=O)CC(C)S.COC(=O)CC(C)S. The fourth-order valence-corrected chi connectivity index (χ4v) is 1.42. The van der Waals surface area contributed by atoms with Crippen molar-refractivity contribution in [2.75, 3.05) is 21.3 Å². The van der Waals surface area contributed by atoms with Crippen molar-refractivity contribution in [3.63, 3.8) is 0 Å². The quantitative estimate of drug-likeness (QED) is 0.325. The summed E-state index contributed by atoms with van der Waals surface area (Å²) in [6, 6.07) is 0. The number of carbonyl (C=O) groups excluding carboxylic acids is 3. The van der Waals surface area contributed by atoms with Gasteiger partial charge in [0.1, 0.15) is 0 Å². The van der Waals surface area contributed by atoms with Gasteiger partial charge < -0.3 is 14.2 Å². The summed E-state index contributed by atoms with van der Waals surface area (Å²) >= 11 is 12.0. The first kappa shape index (κ1) is 34.0. The number of rotatable bonds is 6. The molecule has 9 heteroatoms. The molecule has 0 fully saturated rings. The maximum Gasteiger partial charge on any atom is 0.306 e. The average Bonchev–Trinajstić information content (AvgIpc) is 2.54. The summed E-state index contributed by atoms with van der Waals surface area (Å²) in [7, 11) is 4.12. The molecule has 0 rings (SSSR count). The average molecular weight is 447 g/mol. The third kappa shape index (κ3) is 46.0. The van der Waals surface area contributed by atoms with Crippen LogP contribution in [-0.2, 0) is 28.6 Å². The van der Waals surface area contributed by atoms with Crippen LogP contribution in [0.25, 0.3) is 0 Å². The summed E-state index contributed by atoms with van der Waals surface area (Å²) in [6.07, 6.45) is 2.42. The van der Waals surface area contributed by atoms with Gasteiger partial charge in [-0.2, -0.15) is 37.9 Å². The minimum atomic E-state index is -0.201. The van der Waals surface area contributed by atoms with Crippen molar-refractivity contribution in [1.82, 2.24) is 0 Å². The summed E-state index contributed by atoms with van der Waals surface area (Å²) in [4.78, 5) is 31.1. The third-order valence-electron chi connectivity index (χ3n) is 2.07. The highest BCUT2D eigenvalue weighted by molar-refractivity contribution is 7.81. The van der Waals surface area contributed by atoms with Crippen molar-refractivity contribution >= 4 is 55.8 Å². The minimum absolute atomic E-state index is 0.0995. The van der Waals surface area contributed by atoms with E-state index >= 15 is 0 Å². The van der Waals surface area contributed by atoms with E-state index in [4.69, 9.17) is 0 Å². The smallest absolute Gasteiger partial charge is 0.306 e. The molecule has 0 aliphatic heterocycles. The van der Waals surface area contributed by atoms with Crippen LogP contribution in [-0.4, -0.2) is 55.0 Å². The number of carbonyl (C=O) groups is 3. The molecule has 0 heterocycles. The topological polar surface area (TPSA) is 78.9 Å². The van der Waals surface area contributed by atoms with Gasteiger partial charge in [-0.3, -0.25) is 14.4 Å². The molecule has 0 aliphatic rings. The number of methoxy groups -OCH3 is 3. The van der Waals surface area contributed by atoms with E-state index in [-0.39, 0.29) is 33.7 Å². The van der Waals surface area contributed by atoms with Crippen molar-refractivity contribution in [3.8, 4) is 0 Å². The van der Waals surface area contributed by atoms with Gasteiger partial charge in [0.25, 0.3) is 0 Å². The lowest BCUT2D eigenvalue weighted by atomic mass is 10.3. The lowest BCUT2D eigenvalue weighted by molar-refractivity contribution is -0.141. The van der Waals surface area contributed by atoms with Gasteiger partial charge >= 0.3 is 17.9 Å². The molecule has 0 N–H and O–H groups in total. The zero-order chi connectivity index (χ0) is 22.4. The van der Waals surface area contributed by atoms with Crippen LogP contribution < -0.4 is 0 Å². The summed E-state index contributed by atoms with van der Waals surface area (Å²) in [6.45, 7) is 9.79. The van der Waals surface area contributed by atoms with Gasteiger partial charge in [0.2, 0.25) is 0 Å². The maximum atomic E-state index is 10.4. The Bertz CT molecular complexity index is 309. The fourth-order valence-electron chi connectivity index (χ4n) is 0.974. The molecule has 27 heavy (non-hydrogen) atoms. The minimum Gasteiger partial charge on any atom is -0.469 e. The van der Waals surface area contributed by atoms with Crippen molar-refractivity contribution in [3.05, 3.63) is 0 Å². The molecular weight excluding hydrogens is 408 g/mol. The van der Waals surface area contributed by atoms with E-state index in [9.17, 15) is 14.4 Å². The number of hydrogen-bond acceptors (Lipinski definition) is 9. The maximum absolute atomic E-state index is 10.4. The highest BCUT2D eigenvalue weighted by Crippen LogP contribution is 2.00. The molecule has 0 amide bonds. The number of hydrogen-bond donors (Lipinski definition) is 3. The molecule has 0 radical (unpaired) electrons. The van der Waals surface area contributed by atoms with Crippen LogP contribution in [0.2, 0.25) is 0 Å². The lowest BCUT2D eigenvalue weighted by Crippen LogP contribution is -2.05. The van der Waals surface area contributed by atoms with E-state index in [0.29, 0.717) is 19.3 Å². The first-order valence-electron chi connectivity index (χ1n) is 8.66. The monoisotopic (exact) mass is 446 g/mol. The van der Waals surface area contributed by atoms with Gasteiger partial charge in [0.05, 0.1) is 40.6 Å². The summed E-state index contributed by atoms with van der Waals surface area (Å²) < 4.78 is 13.1. The molecule has 0 saturated heterocycles. The van der Waals surface area contributed by atoms with Crippen LogP contribution in [0.3, 0.4) is 0 Å². The highest BCUT2D eigenvalue weighted by atomic mass is 32.1. The Kier molecular flexibility index (Phi) is 32.1. The van der Waals surface area contributed by atoms with Gasteiger partial charge in [-0.1, -0.05) is 41.0 Å². The predicted molar refractivity (Wildman–Crippen MR) is 121 cm³/mol. The van der Waals surface area contributed by atoms with Crippen LogP contribution in [0, 0.1) is 0 Å². The van der Waals surface area contributed by atoms with E-state index in [1.165, 1.54) is 27.8 Å². The highest BCUT2D eigenvalue weighted by Gasteiger charge is 2.03. The zero-order valence-electron chi connectivity index (χ0n) is 17.9. The largest absolute Gasteiger partial charge is 0.469 e. The first-order valence-corrected chi connectivity index (χ1v) is 10.2. The van der Waals surface area contributed by atoms with E-state index < -0.39 is 0 Å². The zero-order valence-corrected chi connectivity index (χ0v) is 20.5. The van der Waals surface area contributed by atoms with Gasteiger partial charge in [-0.25, -0.2) is 0 Å². The molecule has 3 atom stereocenters. The molecule has 0 spiro atoms. The number of ether oxygens (including phenoxy) is 3. The fraction of sp³-hybridized carbons (Fsp3) is 0.833. The molecule has 0 aromatic carbocycles. The Hall–Kier alpha value is -0.540. The van der Waals surface area contributed by atoms with E-state index in [2.05, 4.69) is 65.9 Å². The number of thiol groups is 3. The van der Waals surface area contributed by atoms with Crippen LogP contribution in [0.4, 0.5) is 0 Å². The molecule has 0 bridgehead atoms. The van der Waals surface area contributed by atoms with Crippen LogP contribution >= 0.6 is 37.9 Å². The van der Waals surface area contributed by atoms with Crippen LogP contribution in [0.5, 0.6) is 0 Å². The summed E-state index contributed by atoms with van der Waals surface area (Å²) in [5.74, 6) is -0.604. The Balaban J connectivity index is -0.000000137. The van der Waals surface area contributed by atoms with Crippen LogP contribution in [0.15, 0.2) is 0 Å². The Morgan fingerprint density at radius 3 is 0.815 bits per heavy atom. The molecule has 0 saturated carbocycles. The van der Waals surface area contributed by atoms with E-state index in [0.717, 1.165) is 0 Å². The Labute approximate surface area is 181 Å². The second kappa shape index (κ2) is 25.5. The predicted octanol–water partition coefficient (Wildman–Crippen LogP) is 4.02. The van der Waals surface area contributed by atoms with E-state index in [1.807, 2.05) is 20.8 Å². The second-order valence-corrected chi connectivity index (χ2v) is 8.24. The van der Waals surface area contributed by atoms with Crippen LogP contribution in [0.1, 0.15) is 60.3 Å². The normalized spacial score (nSPS) is 12.1. The standard InChI is InChI=1S/3C5H10O2S.C3H8/c3*1-4(8)3-5(6)7-2;1-3-2/h3*4,8H,3H2,1-2H3;3H2,1-2H3. The van der Waals surface area contributed by atoms with Crippen molar-refractivity contribution < 1.29 is 28.6 Å². The third-order valence-corrected chi connectivity index (χ3v) is 2.62. The molecule has 164 valence electrons. The van der Waals surface area contributed by atoms with E-state index in [1.54, 1.807) is 0 Å². The molecular formula is C18H38O6S3. The summed E-state index contributed by atoms with van der Waals surface area (Å²) in [5.41, 5.74) is 0. The molecule has 0 aromatic rings. The Morgan fingerprint density at radius 2 is 0.778 bits per heavy atom. The van der Waals surface area contributed by atoms with Gasteiger partial charge in [0, 0.05) is 15.7 Å². The van der Waals surface area contributed by atoms with Crippen molar-refractivity contribution in [2.45, 2.75) is 76.1 Å². The molecule has 0 aliphatic carbocycles. The molecule has 6 nitrogen and oxygen atoms in total. The molecule has 0 aromatic heterocycles. The molecule has 3 unspecified atom stereocenters. The lowest BCUT2D eigenvalue weighted by Gasteiger charge is -1.99. The van der Waals surface area contributed by atoms with Gasteiger partial charge in [0.15, 0.2) is 0 Å². The summed E-state index contributed by atoms with van der Waals surface area (Å²) in [5, 5.41) is 0.298. The van der Waals surface area contributed by atoms with Crippen molar-refractivity contribution in [1.29, 1.82) is 0 Å². The van der Waals surface area contributed by atoms with Crippen molar-refractivity contribution in [2.24, 2.45) is 0 Å². The van der Waals surface area contributed by atoms with Gasteiger partial charge in [-0.15, -0.1) is 0 Å². The van der Waals surface area contributed by atoms with Gasteiger partial charge in [-0.05, 0) is 0 Å². The first-order chi connectivity index (χ1) is 12.4. The second-order valence-electron chi connectivity index (χ2n) is 5.59.